The van der Waals surface area contributed by atoms with Gasteiger partial charge in [-0.2, -0.15) is 0 Å². The van der Waals surface area contributed by atoms with Crippen LogP contribution in [0.4, 0.5) is 10.7 Å². The van der Waals surface area contributed by atoms with Gasteiger partial charge in [0.2, 0.25) is 5.91 Å². The summed E-state index contributed by atoms with van der Waals surface area (Å²) >= 11 is 1.32. The summed E-state index contributed by atoms with van der Waals surface area (Å²) in [5, 5.41) is 5.31. The number of carbonyl (C=O) groups is 2. The number of anilines is 2. The van der Waals surface area contributed by atoms with Gasteiger partial charge in [-0.15, -0.1) is 11.3 Å². The Labute approximate surface area is 210 Å². The minimum Gasteiger partial charge on any atom is -0.497 e. The number of benzene rings is 2. The Morgan fingerprint density at radius 3 is 2.40 bits per heavy atom. The quantitative estimate of drug-likeness (QED) is 0.483. The Balaban J connectivity index is 1.43. The number of carbonyl (C=O) groups excluding carboxylic acids is 2. The molecule has 3 aromatic rings. The van der Waals surface area contributed by atoms with Crippen molar-refractivity contribution in [2.45, 2.75) is 19.9 Å². The highest BCUT2D eigenvalue weighted by molar-refractivity contribution is 7.15. The van der Waals surface area contributed by atoms with Gasteiger partial charge in [0.25, 0.3) is 0 Å². The van der Waals surface area contributed by atoms with Crippen LogP contribution in [0.3, 0.4) is 0 Å². The van der Waals surface area contributed by atoms with Crippen LogP contribution in [0, 0.1) is 6.92 Å². The summed E-state index contributed by atoms with van der Waals surface area (Å²) in [4.78, 5) is 30.1. The molecule has 2 aromatic carbocycles. The van der Waals surface area contributed by atoms with Gasteiger partial charge in [0, 0.05) is 42.3 Å². The molecule has 1 fully saturated rings. The number of rotatable bonds is 7. The van der Waals surface area contributed by atoms with Crippen molar-refractivity contribution >= 4 is 33.9 Å². The molecule has 1 saturated heterocycles. The first-order chi connectivity index (χ1) is 16.9. The predicted molar refractivity (Wildman–Crippen MR) is 141 cm³/mol. The maximum atomic E-state index is 12.9. The van der Waals surface area contributed by atoms with E-state index in [0.29, 0.717) is 10.6 Å². The number of nitrogens with one attached hydrogen (secondary N) is 1. The fraction of sp³-hybridized carbons (Fsp3) is 0.333. The van der Waals surface area contributed by atoms with Crippen LogP contribution in [-0.2, 0) is 9.53 Å². The van der Waals surface area contributed by atoms with E-state index >= 15 is 0 Å². The third-order valence-corrected chi connectivity index (χ3v) is 7.17. The van der Waals surface area contributed by atoms with E-state index in [4.69, 9.17) is 9.47 Å². The van der Waals surface area contributed by atoms with Crippen LogP contribution in [0.15, 0.2) is 53.9 Å². The molecule has 4 rings (SSSR count). The molecule has 1 amide bonds. The highest BCUT2D eigenvalue weighted by Crippen LogP contribution is 2.36. The van der Waals surface area contributed by atoms with Crippen molar-refractivity contribution in [2.24, 2.45) is 0 Å². The number of nitrogens with zero attached hydrogens (tertiary/aromatic N) is 2. The van der Waals surface area contributed by atoms with E-state index in [0.717, 1.165) is 36.5 Å². The van der Waals surface area contributed by atoms with E-state index in [1.54, 1.807) is 7.11 Å². The molecule has 1 aliphatic heterocycles. The Morgan fingerprint density at radius 1 is 1.06 bits per heavy atom. The molecule has 0 spiro atoms. The van der Waals surface area contributed by atoms with Gasteiger partial charge in [0.05, 0.1) is 20.8 Å². The van der Waals surface area contributed by atoms with Crippen LogP contribution in [0.25, 0.3) is 11.1 Å². The van der Waals surface area contributed by atoms with Crippen molar-refractivity contribution < 1.29 is 19.1 Å². The van der Waals surface area contributed by atoms with E-state index in [1.165, 1.54) is 29.7 Å². The molecule has 0 aliphatic carbocycles. The molecule has 7 nitrogen and oxygen atoms in total. The summed E-state index contributed by atoms with van der Waals surface area (Å²) in [5.74, 6) is 0.107. The molecule has 0 radical (unpaired) electrons. The smallest absolute Gasteiger partial charge is 0.341 e. The molecular formula is C27H31N3O4S. The number of hydrogen-bond acceptors (Lipinski definition) is 7. The van der Waals surface area contributed by atoms with Gasteiger partial charge >= 0.3 is 5.97 Å². The summed E-state index contributed by atoms with van der Waals surface area (Å²) in [6, 6.07) is 16.3. The molecule has 1 aliphatic rings. The minimum atomic E-state index is -0.479. The maximum Gasteiger partial charge on any atom is 0.341 e. The van der Waals surface area contributed by atoms with Gasteiger partial charge in [-0.3, -0.25) is 9.69 Å². The van der Waals surface area contributed by atoms with Crippen LogP contribution < -0.4 is 15.0 Å². The minimum absolute atomic E-state index is 0.144. The Hall–Kier alpha value is -3.36. The Bertz CT molecular complexity index is 1170. The summed E-state index contributed by atoms with van der Waals surface area (Å²) in [6.07, 6.45) is 0. The second-order valence-electron chi connectivity index (χ2n) is 8.73. The molecule has 1 N–H and O–H groups in total. The molecule has 1 unspecified atom stereocenters. The molecule has 0 bridgehead atoms. The van der Waals surface area contributed by atoms with Crippen LogP contribution in [0.1, 0.15) is 22.8 Å². The summed E-state index contributed by atoms with van der Waals surface area (Å²) < 4.78 is 10.2. The normalized spacial score (nSPS) is 16.1. The molecule has 8 heteroatoms. The zero-order chi connectivity index (χ0) is 24.9. The number of piperazine rings is 1. The molecule has 35 heavy (non-hydrogen) atoms. The van der Waals surface area contributed by atoms with Crippen molar-refractivity contribution in [1.29, 1.82) is 0 Å². The number of thiophene rings is 1. The first-order valence-corrected chi connectivity index (χ1v) is 12.5. The van der Waals surface area contributed by atoms with E-state index in [9.17, 15) is 9.59 Å². The van der Waals surface area contributed by atoms with Gasteiger partial charge in [-0.1, -0.05) is 29.8 Å². The van der Waals surface area contributed by atoms with Crippen LogP contribution in [-0.4, -0.2) is 63.2 Å². The van der Waals surface area contributed by atoms with Gasteiger partial charge in [-0.05, 0) is 43.7 Å². The van der Waals surface area contributed by atoms with Crippen LogP contribution >= 0.6 is 11.3 Å². The number of aryl methyl sites for hydroxylation is 1. The largest absolute Gasteiger partial charge is 0.497 e. The first kappa shape index (κ1) is 24.8. The zero-order valence-electron chi connectivity index (χ0n) is 20.5. The molecule has 0 saturated carbocycles. The maximum absolute atomic E-state index is 12.9. The Kier molecular flexibility index (Phi) is 7.73. The molecule has 1 atom stereocenters. The summed E-state index contributed by atoms with van der Waals surface area (Å²) in [6.45, 7) is 6.96. The van der Waals surface area contributed by atoms with Gasteiger partial charge < -0.3 is 19.7 Å². The number of methoxy groups -OCH3 is 2. The number of amides is 1. The average molecular weight is 494 g/mol. The molecular weight excluding hydrogens is 462 g/mol. The lowest BCUT2D eigenvalue weighted by atomic mass is 10.0. The first-order valence-electron chi connectivity index (χ1n) is 11.6. The molecule has 184 valence electrons. The fourth-order valence-electron chi connectivity index (χ4n) is 4.40. The SMILES string of the molecule is COC(=O)c1c(-c2ccc(OC)cc2)csc1NC(=O)CN1CCN(c2ccc(C)cc2)C(C)C1. The summed E-state index contributed by atoms with van der Waals surface area (Å²) in [5.41, 5.74) is 4.39. The lowest BCUT2D eigenvalue weighted by Gasteiger charge is -2.41. The second kappa shape index (κ2) is 10.9. The van der Waals surface area contributed by atoms with Gasteiger partial charge in [-0.25, -0.2) is 4.79 Å². The highest BCUT2D eigenvalue weighted by atomic mass is 32.1. The highest BCUT2D eigenvalue weighted by Gasteiger charge is 2.27. The number of hydrogen-bond donors (Lipinski definition) is 1. The van der Waals surface area contributed by atoms with Crippen molar-refractivity contribution in [3.63, 3.8) is 0 Å². The third-order valence-electron chi connectivity index (χ3n) is 6.28. The summed E-state index contributed by atoms with van der Waals surface area (Å²) in [7, 11) is 2.95. The topological polar surface area (TPSA) is 71.1 Å². The molecule has 1 aromatic heterocycles. The number of ether oxygens (including phenoxy) is 2. The Morgan fingerprint density at radius 2 is 1.77 bits per heavy atom. The van der Waals surface area contributed by atoms with Crippen molar-refractivity contribution in [1.82, 2.24) is 4.90 Å². The second-order valence-corrected chi connectivity index (χ2v) is 9.61. The molecule has 2 heterocycles. The lowest BCUT2D eigenvalue weighted by Crippen LogP contribution is -2.53. The van der Waals surface area contributed by atoms with Crippen LogP contribution in [0.5, 0.6) is 5.75 Å². The van der Waals surface area contributed by atoms with Crippen LogP contribution in [0.2, 0.25) is 0 Å². The fourth-order valence-corrected chi connectivity index (χ4v) is 5.38. The van der Waals surface area contributed by atoms with E-state index in [1.807, 2.05) is 29.6 Å². The van der Waals surface area contributed by atoms with E-state index in [-0.39, 0.29) is 18.5 Å². The average Bonchev–Trinajstić information content (AvgIpc) is 3.27. The predicted octanol–water partition coefficient (Wildman–Crippen LogP) is 4.67. The van der Waals surface area contributed by atoms with Crippen molar-refractivity contribution in [3.05, 3.63) is 65.0 Å². The van der Waals surface area contributed by atoms with Gasteiger partial charge in [0.15, 0.2) is 0 Å². The monoisotopic (exact) mass is 493 g/mol. The third kappa shape index (κ3) is 5.66. The zero-order valence-corrected chi connectivity index (χ0v) is 21.4. The lowest BCUT2D eigenvalue weighted by molar-refractivity contribution is -0.117. The van der Waals surface area contributed by atoms with E-state index < -0.39 is 5.97 Å². The van der Waals surface area contributed by atoms with E-state index in [2.05, 4.69) is 53.2 Å². The van der Waals surface area contributed by atoms with Gasteiger partial charge in [0.1, 0.15) is 16.3 Å². The van der Waals surface area contributed by atoms with Crippen molar-refractivity contribution in [2.75, 3.05) is 50.6 Å². The standard InChI is InChI=1S/C27H31N3O4S/c1-18-5-9-21(10-6-18)30-14-13-29(15-19(30)2)16-24(31)28-26-25(27(32)34-4)23(17-35-26)20-7-11-22(33-3)12-8-20/h5-12,17,19H,13-16H2,1-4H3,(H,28,31). The van der Waals surface area contributed by atoms with Crippen molar-refractivity contribution in [3.8, 4) is 16.9 Å². The number of esters is 1.